The second-order valence-electron chi connectivity index (χ2n) is 10.7. The highest BCUT2D eigenvalue weighted by Gasteiger charge is 2.27. The SMILES string of the molecule is Cc1cc(F)cnc1NC(=O)Nc1ccc(OCC(=O)NC(CC(C)C)C(=O)NC(CC(=O)O)c2ccc3c(c2)OCO3)cc1. The van der Waals surface area contributed by atoms with Crippen molar-refractivity contribution in [2.75, 3.05) is 24.0 Å². The van der Waals surface area contributed by atoms with Crippen LogP contribution in [0.2, 0.25) is 0 Å². The van der Waals surface area contributed by atoms with Crippen LogP contribution in [-0.2, 0) is 14.4 Å². The van der Waals surface area contributed by atoms with E-state index in [9.17, 15) is 28.7 Å². The summed E-state index contributed by atoms with van der Waals surface area (Å²) < 4.78 is 29.5. The average molecular weight is 624 g/mol. The quantitative estimate of drug-likeness (QED) is 0.187. The number of hydrogen-bond donors (Lipinski definition) is 5. The van der Waals surface area contributed by atoms with Crippen LogP contribution < -0.4 is 35.5 Å². The number of anilines is 2. The zero-order valence-electron chi connectivity index (χ0n) is 24.9. The lowest BCUT2D eigenvalue weighted by atomic mass is 10.00. The van der Waals surface area contributed by atoms with Gasteiger partial charge in [-0.2, -0.15) is 0 Å². The van der Waals surface area contributed by atoms with Gasteiger partial charge in [0.25, 0.3) is 5.91 Å². The number of hydrogen-bond acceptors (Lipinski definition) is 8. The van der Waals surface area contributed by atoms with Crippen LogP contribution in [0.15, 0.2) is 54.7 Å². The van der Waals surface area contributed by atoms with Crippen LogP contribution in [0.25, 0.3) is 0 Å². The summed E-state index contributed by atoms with van der Waals surface area (Å²) in [6, 6.07) is 9.98. The van der Waals surface area contributed by atoms with E-state index < -0.39 is 48.3 Å². The van der Waals surface area contributed by atoms with Gasteiger partial charge in [0.2, 0.25) is 12.7 Å². The molecule has 2 heterocycles. The Morgan fingerprint density at radius 1 is 1.00 bits per heavy atom. The van der Waals surface area contributed by atoms with Crippen LogP contribution >= 0.6 is 0 Å². The number of benzene rings is 2. The first-order valence-electron chi connectivity index (χ1n) is 14.1. The van der Waals surface area contributed by atoms with E-state index in [1.54, 1.807) is 49.4 Å². The second-order valence-corrected chi connectivity index (χ2v) is 10.7. The molecule has 0 fully saturated rings. The van der Waals surface area contributed by atoms with E-state index in [0.29, 0.717) is 40.5 Å². The molecule has 13 nitrogen and oxygen atoms in total. The molecule has 0 bridgehead atoms. The summed E-state index contributed by atoms with van der Waals surface area (Å²) in [5.41, 5.74) is 1.41. The predicted octanol–water partition coefficient (Wildman–Crippen LogP) is 4.14. The number of pyridine rings is 1. The Labute approximate surface area is 258 Å². The molecule has 0 spiro atoms. The van der Waals surface area contributed by atoms with Crippen LogP contribution in [0.4, 0.5) is 20.7 Å². The molecular weight excluding hydrogens is 589 g/mol. The average Bonchev–Trinajstić information content (AvgIpc) is 3.45. The number of aromatic nitrogens is 1. The molecule has 0 radical (unpaired) electrons. The van der Waals surface area contributed by atoms with Crippen LogP contribution in [0.5, 0.6) is 17.2 Å². The molecule has 0 saturated carbocycles. The number of nitrogens with one attached hydrogen (secondary N) is 4. The van der Waals surface area contributed by atoms with Crippen LogP contribution in [0.3, 0.4) is 0 Å². The summed E-state index contributed by atoms with van der Waals surface area (Å²) >= 11 is 0. The Kier molecular flexibility index (Phi) is 10.7. The number of aliphatic carboxylic acids is 1. The highest BCUT2D eigenvalue weighted by Crippen LogP contribution is 2.35. The second kappa shape index (κ2) is 14.9. The Hall–Kier alpha value is -5.40. The van der Waals surface area contributed by atoms with E-state index in [1.807, 2.05) is 13.8 Å². The summed E-state index contributed by atoms with van der Waals surface area (Å²) in [7, 11) is 0. The number of rotatable bonds is 13. The minimum Gasteiger partial charge on any atom is -0.484 e. The number of nitrogens with zero attached hydrogens (tertiary/aromatic N) is 1. The molecule has 3 aromatic rings. The summed E-state index contributed by atoms with van der Waals surface area (Å²) in [6.07, 6.45) is 0.916. The van der Waals surface area contributed by atoms with Crippen molar-refractivity contribution in [1.29, 1.82) is 0 Å². The molecule has 238 valence electrons. The number of carbonyl (C=O) groups is 4. The molecule has 45 heavy (non-hydrogen) atoms. The third-order valence-corrected chi connectivity index (χ3v) is 6.61. The number of fused-ring (bicyclic) bond motifs is 1. The maximum absolute atomic E-state index is 13.3. The fourth-order valence-electron chi connectivity index (χ4n) is 4.49. The third-order valence-electron chi connectivity index (χ3n) is 6.61. The fourth-order valence-corrected chi connectivity index (χ4v) is 4.49. The summed E-state index contributed by atoms with van der Waals surface area (Å²) in [4.78, 5) is 53.8. The van der Waals surface area contributed by atoms with Gasteiger partial charge in [0.15, 0.2) is 18.1 Å². The largest absolute Gasteiger partial charge is 0.484 e. The molecule has 2 atom stereocenters. The van der Waals surface area contributed by atoms with E-state index in [1.165, 1.54) is 6.07 Å². The molecule has 1 aromatic heterocycles. The lowest BCUT2D eigenvalue weighted by Crippen LogP contribution is -2.49. The van der Waals surface area contributed by atoms with Gasteiger partial charge in [-0.15, -0.1) is 0 Å². The lowest BCUT2D eigenvalue weighted by molar-refractivity contribution is -0.138. The molecule has 1 aliphatic rings. The number of carbonyl (C=O) groups excluding carboxylic acids is 3. The number of halogens is 1. The first kappa shape index (κ1) is 32.5. The van der Waals surface area contributed by atoms with Crippen LogP contribution in [-0.4, -0.2) is 53.3 Å². The van der Waals surface area contributed by atoms with Gasteiger partial charge in [-0.3, -0.25) is 19.7 Å². The van der Waals surface area contributed by atoms with Gasteiger partial charge in [0.05, 0.1) is 18.7 Å². The van der Waals surface area contributed by atoms with Crippen molar-refractivity contribution in [3.63, 3.8) is 0 Å². The van der Waals surface area contributed by atoms with E-state index in [4.69, 9.17) is 14.2 Å². The Bertz CT molecular complexity index is 1550. The van der Waals surface area contributed by atoms with Gasteiger partial charge in [0.1, 0.15) is 23.4 Å². The van der Waals surface area contributed by atoms with Gasteiger partial charge in [-0.25, -0.2) is 14.2 Å². The zero-order valence-corrected chi connectivity index (χ0v) is 24.9. The molecule has 4 amide bonds. The molecule has 14 heteroatoms. The molecule has 2 unspecified atom stereocenters. The number of carboxylic acids is 1. The Balaban J connectivity index is 1.31. The predicted molar refractivity (Wildman–Crippen MR) is 161 cm³/mol. The standard InChI is InChI=1S/C31H34FN5O8/c1-17(2)10-24(30(41)36-23(13-28(39)40)19-4-9-25-26(12-19)45-16-44-25)35-27(38)15-43-22-7-5-21(6-8-22)34-31(42)37-29-18(3)11-20(32)14-33-29/h4-9,11-12,14,17,23-24H,10,13,15-16H2,1-3H3,(H,35,38)(H,36,41)(H,39,40)(H2,33,34,37,42). The minimum atomic E-state index is -1.11. The van der Waals surface area contributed by atoms with Crippen molar-refractivity contribution in [3.8, 4) is 17.2 Å². The molecule has 5 N–H and O–H groups in total. The van der Waals surface area contributed by atoms with Crippen molar-refractivity contribution in [2.24, 2.45) is 5.92 Å². The van der Waals surface area contributed by atoms with Crippen molar-refractivity contribution < 1.29 is 42.9 Å². The van der Waals surface area contributed by atoms with Crippen molar-refractivity contribution >= 4 is 35.3 Å². The normalized spacial score (nSPS) is 13.0. The number of urea groups is 1. The molecule has 1 aliphatic heterocycles. The Morgan fingerprint density at radius 2 is 1.73 bits per heavy atom. The summed E-state index contributed by atoms with van der Waals surface area (Å²) in [5.74, 6) is -1.17. The number of aryl methyl sites for hydroxylation is 1. The van der Waals surface area contributed by atoms with Crippen LogP contribution in [0, 0.1) is 18.7 Å². The Morgan fingerprint density at radius 3 is 2.42 bits per heavy atom. The maximum Gasteiger partial charge on any atom is 0.324 e. The highest BCUT2D eigenvalue weighted by atomic mass is 19.1. The monoisotopic (exact) mass is 623 g/mol. The smallest absolute Gasteiger partial charge is 0.324 e. The van der Waals surface area contributed by atoms with Crippen molar-refractivity contribution in [2.45, 2.75) is 45.7 Å². The molecule has 0 saturated heterocycles. The number of carboxylic acid groups (broad SMARTS) is 1. The third kappa shape index (κ3) is 9.55. The van der Waals surface area contributed by atoms with E-state index in [-0.39, 0.29) is 24.9 Å². The maximum atomic E-state index is 13.3. The first-order chi connectivity index (χ1) is 21.5. The fraction of sp³-hybridized carbons (Fsp3) is 0.323. The first-order valence-corrected chi connectivity index (χ1v) is 14.1. The van der Waals surface area contributed by atoms with Gasteiger partial charge in [0, 0.05) is 5.69 Å². The number of amides is 4. The van der Waals surface area contributed by atoms with Crippen molar-refractivity contribution in [3.05, 3.63) is 71.7 Å². The molecule has 4 rings (SSSR count). The summed E-state index contributed by atoms with van der Waals surface area (Å²) in [6.45, 7) is 5.05. The summed E-state index contributed by atoms with van der Waals surface area (Å²) in [5, 5.41) is 20.0. The zero-order chi connectivity index (χ0) is 32.5. The van der Waals surface area contributed by atoms with E-state index in [0.717, 1.165) is 6.20 Å². The molecular formula is C31H34FN5O8. The van der Waals surface area contributed by atoms with Gasteiger partial charge < -0.3 is 35.3 Å². The molecule has 0 aliphatic carbocycles. The topological polar surface area (TPSA) is 177 Å². The lowest BCUT2D eigenvalue weighted by Gasteiger charge is -2.24. The van der Waals surface area contributed by atoms with E-state index in [2.05, 4.69) is 26.3 Å². The highest BCUT2D eigenvalue weighted by molar-refractivity contribution is 5.99. The van der Waals surface area contributed by atoms with Gasteiger partial charge in [-0.05, 0) is 72.9 Å². The van der Waals surface area contributed by atoms with Gasteiger partial charge in [-0.1, -0.05) is 19.9 Å². The van der Waals surface area contributed by atoms with Crippen molar-refractivity contribution in [1.82, 2.24) is 15.6 Å². The van der Waals surface area contributed by atoms with Crippen LogP contribution in [0.1, 0.15) is 43.9 Å². The minimum absolute atomic E-state index is 0.0328. The van der Waals surface area contributed by atoms with E-state index >= 15 is 0 Å². The van der Waals surface area contributed by atoms with Gasteiger partial charge >= 0.3 is 12.0 Å². The molecule has 2 aromatic carbocycles. The number of ether oxygens (including phenoxy) is 3.